The van der Waals surface area contributed by atoms with Crippen LogP contribution in [0.25, 0.3) is 0 Å². The number of nitrogens with zero attached hydrogens (tertiary/aromatic N) is 1. The number of likely N-dealkylation sites (N-methyl/N-ethyl adjacent to an activating group) is 1. The zero-order valence-corrected chi connectivity index (χ0v) is 9.59. The van der Waals surface area contributed by atoms with E-state index in [1.54, 1.807) is 11.3 Å². The molecule has 0 amide bonds. The zero-order chi connectivity index (χ0) is 10.0. The van der Waals surface area contributed by atoms with Crippen molar-refractivity contribution in [2.45, 2.75) is 43.1 Å². The van der Waals surface area contributed by atoms with E-state index in [1.165, 1.54) is 24.8 Å². The Bertz CT molecular complexity index is 390. The van der Waals surface area contributed by atoms with E-state index < -0.39 is 0 Å². The van der Waals surface area contributed by atoms with Crippen LogP contribution < -0.4 is 0 Å². The third-order valence-electron chi connectivity index (χ3n) is 4.45. The standard InChI is InChI=1S/C12H14NOS/c1-13-9-2-3-10(13)11-12(6-9,14-11)8-4-5-15-7-8/h4-5,9-11H,2-3,6H2,1H3/t9?,10?,11?,12-/m1/s1. The molecule has 3 unspecified atom stereocenters. The van der Waals surface area contributed by atoms with Crippen molar-refractivity contribution < 1.29 is 4.74 Å². The van der Waals surface area contributed by atoms with E-state index in [2.05, 4.69) is 28.8 Å². The Morgan fingerprint density at radius 3 is 3.33 bits per heavy atom. The molecule has 3 heteroatoms. The number of ether oxygens (including phenoxy) is 1. The molecule has 1 aromatic rings. The molecule has 3 fully saturated rings. The van der Waals surface area contributed by atoms with Crippen LogP contribution in [-0.2, 0) is 10.3 Å². The molecule has 4 rings (SSSR count). The number of hydrogen-bond acceptors (Lipinski definition) is 3. The van der Waals surface area contributed by atoms with Crippen molar-refractivity contribution >= 4 is 11.3 Å². The van der Waals surface area contributed by atoms with E-state index in [4.69, 9.17) is 4.74 Å². The summed E-state index contributed by atoms with van der Waals surface area (Å²) in [5.41, 5.74) is 1.38. The number of fused-ring (bicyclic) bond motifs is 4. The van der Waals surface area contributed by atoms with Crippen LogP contribution in [-0.4, -0.2) is 30.1 Å². The molecule has 0 spiro atoms. The molecule has 15 heavy (non-hydrogen) atoms. The minimum atomic E-state index is 0.0678. The van der Waals surface area contributed by atoms with Gasteiger partial charge in [-0.1, -0.05) is 0 Å². The van der Waals surface area contributed by atoms with Crippen LogP contribution >= 0.6 is 11.3 Å². The maximum atomic E-state index is 6.05. The maximum Gasteiger partial charge on any atom is 0.124 e. The van der Waals surface area contributed by atoms with E-state index in [9.17, 15) is 0 Å². The van der Waals surface area contributed by atoms with E-state index >= 15 is 0 Å². The predicted molar refractivity (Wildman–Crippen MR) is 58.9 cm³/mol. The van der Waals surface area contributed by atoms with Gasteiger partial charge in [-0.05, 0) is 37.8 Å². The van der Waals surface area contributed by atoms with Crippen LogP contribution in [0.2, 0.25) is 0 Å². The van der Waals surface area contributed by atoms with Gasteiger partial charge in [0.1, 0.15) is 11.7 Å². The third kappa shape index (κ3) is 0.967. The van der Waals surface area contributed by atoms with E-state index in [0.717, 1.165) is 6.04 Å². The van der Waals surface area contributed by atoms with Gasteiger partial charge in [-0.25, -0.2) is 0 Å². The lowest BCUT2D eigenvalue weighted by molar-refractivity contribution is 0.177. The van der Waals surface area contributed by atoms with E-state index in [0.29, 0.717) is 12.1 Å². The van der Waals surface area contributed by atoms with Crippen LogP contribution in [0, 0.1) is 5.38 Å². The van der Waals surface area contributed by atoms with Crippen molar-refractivity contribution in [1.29, 1.82) is 0 Å². The van der Waals surface area contributed by atoms with Crippen LogP contribution in [0.1, 0.15) is 24.8 Å². The molecule has 0 aliphatic carbocycles. The molecule has 2 bridgehead atoms. The van der Waals surface area contributed by atoms with Gasteiger partial charge in [0, 0.05) is 17.6 Å². The summed E-state index contributed by atoms with van der Waals surface area (Å²) in [4.78, 5) is 2.53. The summed E-state index contributed by atoms with van der Waals surface area (Å²) in [6.45, 7) is 0. The smallest absolute Gasteiger partial charge is 0.124 e. The van der Waals surface area contributed by atoms with E-state index in [-0.39, 0.29) is 5.60 Å². The van der Waals surface area contributed by atoms with Crippen molar-refractivity contribution in [3.63, 3.8) is 0 Å². The van der Waals surface area contributed by atoms with Gasteiger partial charge in [-0.15, -0.1) is 11.3 Å². The molecule has 0 N–H and O–H groups in total. The van der Waals surface area contributed by atoms with E-state index in [1.807, 2.05) is 0 Å². The minimum absolute atomic E-state index is 0.0678. The summed E-state index contributed by atoms with van der Waals surface area (Å²) >= 11 is 1.66. The van der Waals surface area contributed by atoms with Gasteiger partial charge in [0.25, 0.3) is 0 Å². The largest absolute Gasteiger partial charge is 0.359 e. The fourth-order valence-corrected chi connectivity index (χ4v) is 4.18. The van der Waals surface area contributed by atoms with Crippen molar-refractivity contribution in [2.24, 2.45) is 0 Å². The highest BCUT2D eigenvalue weighted by Crippen LogP contribution is 2.59. The zero-order valence-electron chi connectivity index (χ0n) is 8.77. The predicted octanol–water partition coefficient (Wildman–Crippen LogP) is 2.01. The van der Waals surface area contributed by atoms with Gasteiger partial charge in [-0.2, -0.15) is 0 Å². The molecule has 3 aliphatic heterocycles. The van der Waals surface area contributed by atoms with Gasteiger partial charge in [0.2, 0.25) is 0 Å². The summed E-state index contributed by atoms with van der Waals surface area (Å²) in [5.74, 6) is 0. The fraction of sp³-hybridized carbons (Fsp3) is 0.667. The fourth-order valence-electron chi connectivity index (χ4n) is 3.54. The average molecular weight is 220 g/mol. The second kappa shape index (κ2) is 2.65. The lowest BCUT2D eigenvalue weighted by atomic mass is 9.86. The third-order valence-corrected chi connectivity index (χ3v) is 5.06. The van der Waals surface area contributed by atoms with Crippen molar-refractivity contribution in [3.05, 3.63) is 22.4 Å². The molecule has 79 valence electrons. The number of hydrogen-bond donors (Lipinski definition) is 0. The molecule has 1 aromatic heterocycles. The first-order chi connectivity index (χ1) is 7.31. The molecule has 4 heterocycles. The molecule has 0 aromatic carbocycles. The molecular formula is C12H14NOS. The molecule has 4 atom stereocenters. The lowest BCUT2D eigenvalue weighted by Crippen LogP contribution is -2.44. The van der Waals surface area contributed by atoms with Gasteiger partial charge in [0.05, 0.1) is 5.38 Å². The topological polar surface area (TPSA) is 15.8 Å². The summed E-state index contributed by atoms with van der Waals surface area (Å²) in [7, 11) is 2.26. The monoisotopic (exact) mass is 220 g/mol. The maximum absolute atomic E-state index is 6.05. The summed E-state index contributed by atoms with van der Waals surface area (Å²) in [6.07, 6.45) is 4.30. The first-order valence-corrected chi connectivity index (χ1v) is 6.55. The summed E-state index contributed by atoms with van der Waals surface area (Å²) in [5, 5.41) is 5.49. The molecule has 1 radical (unpaired) electrons. The van der Waals surface area contributed by atoms with Crippen molar-refractivity contribution in [1.82, 2.24) is 4.90 Å². The summed E-state index contributed by atoms with van der Waals surface area (Å²) in [6, 6.07) is 3.59. The lowest BCUT2D eigenvalue weighted by Gasteiger charge is -2.32. The minimum Gasteiger partial charge on any atom is -0.359 e. The number of epoxide rings is 1. The van der Waals surface area contributed by atoms with Crippen LogP contribution in [0.15, 0.2) is 11.4 Å². The number of rotatable bonds is 1. The molecule has 2 nitrogen and oxygen atoms in total. The molecular weight excluding hydrogens is 206 g/mol. The number of piperidine rings is 1. The Labute approximate surface area is 93.8 Å². The van der Waals surface area contributed by atoms with Crippen LogP contribution in [0.3, 0.4) is 0 Å². The highest BCUT2D eigenvalue weighted by molar-refractivity contribution is 7.07. The highest BCUT2D eigenvalue weighted by Gasteiger charge is 2.67. The van der Waals surface area contributed by atoms with Crippen molar-refractivity contribution in [3.8, 4) is 0 Å². The van der Waals surface area contributed by atoms with Crippen molar-refractivity contribution in [2.75, 3.05) is 7.05 Å². The van der Waals surface area contributed by atoms with Gasteiger partial charge >= 0.3 is 0 Å². The van der Waals surface area contributed by atoms with Crippen LogP contribution in [0.4, 0.5) is 0 Å². The Morgan fingerprint density at radius 1 is 1.60 bits per heavy atom. The van der Waals surface area contributed by atoms with Crippen LogP contribution in [0.5, 0.6) is 0 Å². The Kier molecular flexibility index (Phi) is 1.54. The molecule has 0 saturated carbocycles. The SMILES string of the molecule is CN1C2CCC1C1O[C@@]1(c1[c]scc1)C2. The summed E-state index contributed by atoms with van der Waals surface area (Å²) < 4.78 is 6.05. The Morgan fingerprint density at radius 2 is 2.53 bits per heavy atom. The quantitative estimate of drug-likeness (QED) is 0.673. The first kappa shape index (κ1) is 8.74. The Hall–Kier alpha value is -0.380. The molecule has 3 aliphatic rings. The highest BCUT2D eigenvalue weighted by atomic mass is 32.1. The second-order valence-corrected chi connectivity index (χ2v) is 5.74. The average Bonchev–Trinajstić information content (AvgIpc) is 2.58. The van der Waals surface area contributed by atoms with Gasteiger partial charge < -0.3 is 4.74 Å². The molecule has 3 saturated heterocycles. The van der Waals surface area contributed by atoms with Gasteiger partial charge in [0.15, 0.2) is 0 Å². The Balaban J connectivity index is 1.74. The van der Waals surface area contributed by atoms with Gasteiger partial charge in [-0.3, -0.25) is 4.90 Å². The number of thiophene rings is 1. The normalized spacial score (nSPS) is 47.9. The second-order valence-electron chi connectivity index (χ2n) is 5.03. The first-order valence-electron chi connectivity index (χ1n) is 5.67.